The van der Waals surface area contributed by atoms with Crippen LogP contribution in [0.25, 0.3) is 0 Å². The third-order valence-electron chi connectivity index (χ3n) is 1.12. The first-order valence-corrected chi connectivity index (χ1v) is 5.12. The molecule has 5 nitrogen and oxygen atoms in total. The predicted molar refractivity (Wildman–Crippen MR) is 48.1 cm³/mol. The summed E-state index contributed by atoms with van der Waals surface area (Å²) in [6, 6.07) is 0. The maximum atomic E-state index is 10.8. The third kappa shape index (κ3) is 8.32. The van der Waals surface area contributed by atoms with Crippen LogP contribution in [0.4, 0.5) is 0 Å². The molecule has 0 bridgehead atoms. The van der Waals surface area contributed by atoms with Crippen molar-refractivity contribution in [1.82, 2.24) is 0 Å². The SMILES string of the molecule is C=CC([O-])=NC(C)(C)CS(=O)(=O)O.[Li+]. The maximum Gasteiger partial charge on any atom is 1.00 e. The van der Waals surface area contributed by atoms with Crippen molar-refractivity contribution in [3.05, 3.63) is 12.7 Å². The molecular weight excluding hydrogens is 201 g/mol. The fourth-order valence-corrected chi connectivity index (χ4v) is 1.78. The molecule has 0 aromatic carbocycles. The van der Waals surface area contributed by atoms with Crippen molar-refractivity contribution >= 4 is 16.0 Å². The van der Waals surface area contributed by atoms with E-state index in [1.807, 2.05) is 0 Å². The summed E-state index contributed by atoms with van der Waals surface area (Å²) < 4.78 is 29.5. The number of hydrogen-bond donors (Lipinski definition) is 1. The van der Waals surface area contributed by atoms with E-state index in [9.17, 15) is 13.5 Å². The van der Waals surface area contributed by atoms with Gasteiger partial charge in [-0.15, -0.1) is 0 Å². The Balaban J connectivity index is 0. The largest absolute Gasteiger partial charge is 1.00 e. The van der Waals surface area contributed by atoms with Crippen LogP contribution in [0.2, 0.25) is 0 Å². The first-order chi connectivity index (χ1) is 5.66. The fourth-order valence-electron chi connectivity index (χ4n) is 0.823. The second-order valence-electron chi connectivity index (χ2n) is 3.19. The molecule has 14 heavy (non-hydrogen) atoms. The monoisotopic (exact) mass is 213 g/mol. The molecule has 0 radical (unpaired) electrons. The first kappa shape index (κ1) is 16.2. The van der Waals surface area contributed by atoms with Crippen molar-refractivity contribution in [1.29, 1.82) is 0 Å². The molecule has 0 aromatic heterocycles. The molecule has 0 unspecified atom stereocenters. The number of rotatable bonds is 4. The van der Waals surface area contributed by atoms with E-state index in [0.717, 1.165) is 6.08 Å². The van der Waals surface area contributed by atoms with E-state index in [2.05, 4.69) is 11.6 Å². The minimum atomic E-state index is -4.12. The van der Waals surface area contributed by atoms with Gasteiger partial charge in [0.1, 0.15) is 0 Å². The normalized spacial score (nSPS) is 13.2. The second-order valence-corrected chi connectivity index (χ2v) is 4.65. The Morgan fingerprint density at radius 3 is 2.36 bits per heavy atom. The minimum absolute atomic E-state index is 0. The summed E-state index contributed by atoms with van der Waals surface area (Å²) in [4.78, 5) is 3.52. The Labute approximate surface area is 95.9 Å². The fraction of sp³-hybridized carbons (Fsp3) is 0.571. The van der Waals surface area contributed by atoms with E-state index in [0.29, 0.717) is 0 Å². The summed E-state index contributed by atoms with van der Waals surface area (Å²) in [5.41, 5.74) is -1.13. The summed E-state index contributed by atoms with van der Waals surface area (Å²) in [6.45, 7) is 6.05. The van der Waals surface area contributed by atoms with Crippen LogP contribution >= 0.6 is 0 Å². The maximum absolute atomic E-state index is 10.8. The van der Waals surface area contributed by atoms with Crippen LogP contribution < -0.4 is 24.0 Å². The van der Waals surface area contributed by atoms with E-state index in [1.54, 1.807) is 0 Å². The average Bonchev–Trinajstić information content (AvgIpc) is 1.80. The van der Waals surface area contributed by atoms with Crippen LogP contribution in [-0.4, -0.2) is 30.2 Å². The van der Waals surface area contributed by atoms with Crippen molar-refractivity contribution in [2.75, 3.05) is 5.75 Å². The molecule has 0 heterocycles. The summed E-state index contributed by atoms with van der Waals surface area (Å²) in [7, 11) is -4.12. The molecular formula is C7H12LiNO4S. The molecule has 0 spiro atoms. The summed E-state index contributed by atoms with van der Waals surface area (Å²) >= 11 is 0. The molecule has 0 rings (SSSR count). The van der Waals surface area contributed by atoms with Crippen LogP contribution in [0.5, 0.6) is 0 Å². The van der Waals surface area contributed by atoms with Crippen LogP contribution in [0, 0.1) is 0 Å². The van der Waals surface area contributed by atoms with Gasteiger partial charge in [0.25, 0.3) is 10.1 Å². The van der Waals surface area contributed by atoms with E-state index in [1.165, 1.54) is 13.8 Å². The van der Waals surface area contributed by atoms with Gasteiger partial charge in [0.05, 0.1) is 11.3 Å². The molecule has 76 valence electrons. The molecule has 0 aliphatic rings. The van der Waals surface area contributed by atoms with Gasteiger partial charge in [-0.1, -0.05) is 12.7 Å². The van der Waals surface area contributed by atoms with Crippen molar-refractivity contribution in [3.63, 3.8) is 0 Å². The predicted octanol–water partition coefficient (Wildman–Crippen LogP) is -3.40. The molecule has 0 atom stereocenters. The number of nitrogens with zero attached hydrogens (tertiary/aromatic N) is 1. The molecule has 0 amide bonds. The van der Waals surface area contributed by atoms with Gasteiger partial charge < -0.3 is 5.11 Å². The van der Waals surface area contributed by atoms with Crippen molar-refractivity contribution < 1.29 is 36.9 Å². The summed E-state index contributed by atoms with van der Waals surface area (Å²) in [6.07, 6.45) is 0.978. The molecule has 7 heteroatoms. The number of hydrogen-bond acceptors (Lipinski definition) is 4. The third-order valence-corrected chi connectivity index (χ3v) is 2.19. The summed E-state index contributed by atoms with van der Waals surface area (Å²) in [5, 5.41) is 10.8. The van der Waals surface area contributed by atoms with Crippen molar-refractivity contribution in [3.8, 4) is 0 Å². The van der Waals surface area contributed by atoms with Gasteiger partial charge in [-0.2, -0.15) is 8.42 Å². The zero-order valence-electron chi connectivity index (χ0n) is 8.52. The van der Waals surface area contributed by atoms with Crippen molar-refractivity contribution in [2.45, 2.75) is 19.4 Å². The van der Waals surface area contributed by atoms with Crippen LogP contribution in [0.1, 0.15) is 13.8 Å². The topological polar surface area (TPSA) is 89.8 Å². The second kappa shape index (κ2) is 5.56. The van der Waals surface area contributed by atoms with Gasteiger partial charge in [-0.25, -0.2) is 0 Å². The molecule has 1 N–H and O–H groups in total. The van der Waals surface area contributed by atoms with Crippen LogP contribution in [0.3, 0.4) is 0 Å². The van der Waals surface area contributed by atoms with Crippen molar-refractivity contribution in [2.24, 2.45) is 4.99 Å². The first-order valence-electron chi connectivity index (χ1n) is 3.51. The van der Waals surface area contributed by atoms with Gasteiger partial charge in [-0.05, 0) is 19.7 Å². The van der Waals surface area contributed by atoms with E-state index >= 15 is 0 Å². The molecule has 0 saturated carbocycles. The van der Waals surface area contributed by atoms with E-state index in [-0.39, 0.29) is 18.9 Å². The quantitative estimate of drug-likeness (QED) is 0.228. The summed E-state index contributed by atoms with van der Waals surface area (Å²) in [5.74, 6) is -1.19. The van der Waals surface area contributed by atoms with Gasteiger partial charge in [0.15, 0.2) is 0 Å². The Bertz CT molecular complexity index is 321. The zero-order chi connectivity index (χ0) is 10.7. The Kier molecular flexibility index (Phi) is 6.42. The number of aliphatic imine (C=N–C) groups is 1. The average molecular weight is 213 g/mol. The van der Waals surface area contributed by atoms with Gasteiger partial charge in [0.2, 0.25) is 0 Å². The zero-order valence-corrected chi connectivity index (χ0v) is 9.34. The smallest absolute Gasteiger partial charge is 0.859 e. The standard InChI is InChI=1S/C7H13NO4S.Li/c1-4-6(9)8-7(2,3)5-13(10,11)12;/h4H,1,5H2,2-3H3,(H,8,9)(H,10,11,12);/q;+1/p-1. The van der Waals surface area contributed by atoms with Crippen LogP contribution in [-0.2, 0) is 10.1 Å². The van der Waals surface area contributed by atoms with Crippen LogP contribution in [0.15, 0.2) is 17.6 Å². The van der Waals surface area contributed by atoms with Gasteiger partial charge >= 0.3 is 18.9 Å². The molecule has 0 aromatic rings. The Morgan fingerprint density at radius 2 is 2.07 bits per heavy atom. The Hall–Kier alpha value is -0.283. The molecule has 0 fully saturated rings. The van der Waals surface area contributed by atoms with E-state index < -0.39 is 27.3 Å². The van der Waals surface area contributed by atoms with E-state index in [4.69, 9.17) is 4.55 Å². The van der Waals surface area contributed by atoms with Gasteiger partial charge in [-0.3, -0.25) is 9.55 Å². The molecule has 0 saturated heterocycles. The molecule has 0 aliphatic carbocycles. The Morgan fingerprint density at radius 1 is 1.64 bits per heavy atom. The molecule has 0 aliphatic heterocycles. The minimum Gasteiger partial charge on any atom is -0.859 e. The van der Waals surface area contributed by atoms with Gasteiger partial charge in [0, 0.05) is 0 Å².